The van der Waals surface area contributed by atoms with Crippen molar-refractivity contribution in [3.63, 3.8) is 0 Å². The molecule has 6 nitrogen and oxygen atoms in total. The Bertz CT molecular complexity index is 827. The van der Waals surface area contributed by atoms with Crippen molar-refractivity contribution in [2.24, 2.45) is 23.7 Å². The zero-order valence-electron chi connectivity index (χ0n) is 21.1. The molecule has 0 aromatic rings. The molecule has 0 amide bonds. The van der Waals surface area contributed by atoms with Gasteiger partial charge < -0.3 is 24.8 Å². The molecule has 10 atom stereocenters. The van der Waals surface area contributed by atoms with E-state index in [9.17, 15) is 15.0 Å². The van der Waals surface area contributed by atoms with Gasteiger partial charge in [-0.3, -0.25) is 4.79 Å². The van der Waals surface area contributed by atoms with Crippen LogP contribution in [-0.2, 0) is 14.3 Å². The third kappa shape index (κ3) is 6.91. The summed E-state index contributed by atoms with van der Waals surface area (Å²) in [6, 6.07) is 0. The Kier molecular flexibility index (Phi) is 9.33. The van der Waals surface area contributed by atoms with Crippen LogP contribution in [0.15, 0.2) is 47.6 Å². The minimum Gasteiger partial charge on any atom is -0.481 e. The lowest BCUT2D eigenvalue weighted by Gasteiger charge is -2.35. The maximum Gasteiger partial charge on any atom is 0.305 e. The number of hydrogen-bond acceptors (Lipinski definition) is 5. The monoisotopic (exact) mass is 474 g/mol. The van der Waals surface area contributed by atoms with Crippen LogP contribution in [0.25, 0.3) is 0 Å². The third-order valence-electron chi connectivity index (χ3n) is 7.56. The lowest BCUT2D eigenvalue weighted by molar-refractivity contribution is -0.163. The van der Waals surface area contributed by atoms with Crippen LogP contribution >= 0.6 is 0 Å². The molecule has 3 N–H and O–H groups in total. The maximum absolute atomic E-state index is 11.0. The average Bonchev–Trinajstić information content (AvgIpc) is 3.40. The van der Waals surface area contributed by atoms with Crippen LogP contribution in [0.5, 0.6) is 0 Å². The number of allylic oxidation sites excluding steroid dienone is 4. The van der Waals surface area contributed by atoms with E-state index in [1.807, 2.05) is 6.08 Å². The van der Waals surface area contributed by atoms with Crippen LogP contribution in [-0.4, -0.2) is 57.9 Å². The van der Waals surface area contributed by atoms with Gasteiger partial charge in [0.15, 0.2) is 0 Å². The van der Waals surface area contributed by atoms with E-state index in [4.69, 9.17) is 14.6 Å². The molecule has 190 valence electrons. The highest BCUT2D eigenvalue weighted by atomic mass is 16.5. The molecule has 2 aliphatic heterocycles. The van der Waals surface area contributed by atoms with Crippen molar-refractivity contribution < 1.29 is 29.6 Å². The highest BCUT2D eigenvalue weighted by Crippen LogP contribution is 2.48. The molecule has 3 rings (SSSR count). The first-order valence-electron chi connectivity index (χ1n) is 12.7. The number of aliphatic carboxylic acids is 1. The second-order valence-electron chi connectivity index (χ2n) is 10.4. The Labute approximate surface area is 204 Å². The van der Waals surface area contributed by atoms with Gasteiger partial charge in [-0.15, -0.1) is 0 Å². The van der Waals surface area contributed by atoms with E-state index in [2.05, 4.69) is 58.9 Å². The normalized spacial score (nSPS) is 39.9. The predicted molar refractivity (Wildman–Crippen MR) is 132 cm³/mol. The summed E-state index contributed by atoms with van der Waals surface area (Å²) in [4.78, 5) is 11.0. The lowest BCUT2D eigenvalue weighted by Crippen LogP contribution is -2.47. The Morgan fingerprint density at radius 1 is 1.21 bits per heavy atom. The quantitative estimate of drug-likeness (QED) is 0.428. The molecular weight excluding hydrogens is 432 g/mol. The summed E-state index contributed by atoms with van der Waals surface area (Å²) in [5.74, 6) is 0.603. The molecule has 1 saturated carbocycles. The number of carbonyl (C=O) groups is 1. The molecule has 1 aliphatic carbocycles. The first-order valence-corrected chi connectivity index (χ1v) is 12.7. The second kappa shape index (κ2) is 11.8. The van der Waals surface area contributed by atoms with Crippen LogP contribution in [0.2, 0.25) is 0 Å². The molecule has 3 aliphatic rings. The molecular formula is C28H42O6. The Hall–Kier alpha value is -1.73. The zero-order chi connectivity index (χ0) is 25.0. The van der Waals surface area contributed by atoms with Gasteiger partial charge in [0.25, 0.3) is 0 Å². The van der Waals surface area contributed by atoms with Crippen molar-refractivity contribution in [2.45, 2.75) is 96.9 Å². The van der Waals surface area contributed by atoms with E-state index in [1.54, 1.807) is 6.08 Å². The maximum atomic E-state index is 11.0. The number of aliphatic hydroxyl groups excluding tert-OH is 2. The number of hydrogen-bond donors (Lipinski definition) is 3. The fourth-order valence-electron chi connectivity index (χ4n) is 5.22. The molecule has 2 fully saturated rings. The molecule has 2 heterocycles. The van der Waals surface area contributed by atoms with Crippen LogP contribution in [0.3, 0.4) is 0 Å². The topological polar surface area (TPSA) is 96.2 Å². The van der Waals surface area contributed by atoms with Crippen LogP contribution < -0.4 is 0 Å². The van der Waals surface area contributed by atoms with E-state index in [-0.39, 0.29) is 25.0 Å². The van der Waals surface area contributed by atoms with E-state index in [0.717, 1.165) is 12.8 Å². The predicted octanol–water partition coefficient (Wildman–Crippen LogP) is 4.43. The van der Waals surface area contributed by atoms with Gasteiger partial charge in [0.2, 0.25) is 0 Å². The Morgan fingerprint density at radius 2 is 1.91 bits per heavy atom. The molecule has 0 aromatic heterocycles. The minimum absolute atomic E-state index is 0.134. The van der Waals surface area contributed by atoms with Gasteiger partial charge in [-0.2, -0.15) is 0 Å². The molecule has 1 saturated heterocycles. The van der Waals surface area contributed by atoms with E-state index in [1.165, 1.54) is 11.1 Å². The second-order valence-corrected chi connectivity index (χ2v) is 10.4. The van der Waals surface area contributed by atoms with Crippen LogP contribution in [0.4, 0.5) is 0 Å². The summed E-state index contributed by atoms with van der Waals surface area (Å²) < 4.78 is 12.0. The standard InChI is InChI=1S/C28H42O6/c1-6-24-17(3)8-11-25(34-24)18(4)13-16(2)7-9-21-19(5)22(21)10-12-26-28(32)23(29)14-20(33-26)15-27(30)31/h7-10,12-13,16,19-26,28-29,32H,6,11,14-15H2,1-5H3,(H,30,31)/b9-7+,12-10+,18-13+/t16-,19-,20+,21+,22+,23+,24-,25-,26-,28-/m1/s1. The van der Waals surface area contributed by atoms with Crippen molar-refractivity contribution in [1.82, 2.24) is 0 Å². The molecule has 0 bridgehead atoms. The summed E-state index contributed by atoms with van der Waals surface area (Å²) in [7, 11) is 0. The van der Waals surface area contributed by atoms with Crippen molar-refractivity contribution in [3.8, 4) is 0 Å². The van der Waals surface area contributed by atoms with Gasteiger partial charge in [-0.25, -0.2) is 0 Å². The number of ether oxygens (including phenoxy) is 2. The molecule has 0 aromatic carbocycles. The summed E-state index contributed by atoms with van der Waals surface area (Å²) >= 11 is 0. The lowest BCUT2D eigenvalue weighted by atomic mass is 9.95. The summed E-state index contributed by atoms with van der Waals surface area (Å²) in [6.07, 6.45) is 11.9. The first-order chi connectivity index (χ1) is 16.1. The van der Waals surface area contributed by atoms with Crippen molar-refractivity contribution in [3.05, 3.63) is 47.6 Å². The van der Waals surface area contributed by atoms with Gasteiger partial charge >= 0.3 is 5.97 Å². The average molecular weight is 475 g/mol. The van der Waals surface area contributed by atoms with Gasteiger partial charge in [-0.05, 0) is 61.5 Å². The van der Waals surface area contributed by atoms with Crippen LogP contribution in [0.1, 0.15) is 60.3 Å². The van der Waals surface area contributed by atoms with E-state index in [0.29, 0.717) is 23.7 Å². The largest absolute Gasteiger partial charge is 0.481 e. The van der Waals surface area contributed by atoms with Crippen LogP contribution in [0, 0.1) is 23.7 Å². The van der Waals surface area contributed by atoms with E-state index >= 15 is 0 Å². The SMILES string of the molecule is CC[C@H]1O[C@@H](/C(C)=C/[C@H](C)/C=C/[C@H]2[C@@H](C)[C@@H]2/C=C/[C@H]2O[C@H](CC(=O)O)C[C@H](O)[C@H]2O)CC=C1C. The first kappa shape index (κ1) is 26.9. The number of carboxylic acids is 1. The zero-order valence-corrected chi connectivity index (χ0v) is 21.1. The molecule has 0 unspecified atom stereocenters. The number of rotatable bonds is 9. The molecule has 0 radical (unpaired) electrons. The van der Waals surface area contributed by atoms with Gasteiger partial charge in [0, 0.05) is 6.42 Å². The van der Waals surface area contributed by atoms with Gasteiger partial charge in [0.05, 0.1) is 30.8 Å². The minimum atomic E-state index is -1.04. The Morgan fingerprint density at radius 3 is 2.59 bits per heavy atom. The van der Waals surface area contributed by atoms with E-state index < -0.39 is 30.4 Å². The smallest absolute Gasteiger partial charge is 0.305 e. The molecule has 34 heavy (non-hydrogen) atoms. The van der Waals surface area contributed by atoms with Gasteiger partial charge in [0.1, 0.15) is 12.2 Å². The highest BCUT2D eigenvalue weighted by Gasteiger charge is 2.43. The number of aliphatic hydroxyl groups is 2. The van der Waals surface area contributed by atoms with Crippen molar-refractivity contribution in [2.75, 3.05) is 0 Å². The fraction of sp³-hybridized carbons (Fsp3) is 0.679. The molecule has 0 spiro atoms. The van der Waals surface area contributed by atoms with Crippen molar-refractivity contribution in [1.29, 1.82) is 0 Å². The highest BCUT2D eigenvalue weighted by molar-refractivity contribution is 5.67. The summed E-state index contributed by atoms with van der Waals surface area (Å²) in [5.41, 5.74) is 2.61. The molecule has 6 heteroatoms. The summed E-state index contributed by atoms with van der Waals surface area (Å²) in [6.45, 7) is 10.9. The third-order valence-corrected chi connectivity index (χ3v) is 7.56. The number of carboxylic acid groups (broad SMARTS) is 1. The fourth-order valence-corrected chi connectivity index (χ4v) is 5.22. The summed E-state index contributed by atoms with van der Waals surface area (Å²) in [5, 5.41) is 29.3. The van der Waals surface area contributed by atoms with Crippen molar-refractivity contribution >= 4 is 5.97 Å². The Balaban J connectivity index is 1.53. The van der Waals surface area contributed by atoms with Gasteiger partial charge in [-0.1, -0.05) is 57.2 Å².